The number of aromatic nitrogens is 2. The van der Waals surface area contributed by atoms with Gasteiger partial charge in [-0.25, -0.2) is 0 Å². The Morgan fingerprint density at radius 3 is 2.50 bits per heavy atom. The molecule has 0 saturated heterocycles. The number of nitrogens with two attached hydrogens (primary N) is 1. The molecule has 0 aliphatic heterocycles. The van der Waals surface area contributed by atoms with Gasteiger partial charge in [-0.1, -0.05) is 13.8 Å². The molecule has 0 saturated carbocycles. The normalized spacial score (nSPS) is 11.8. The highest BCUT2D eigenvalue weighted by atomic mass is 16.1. The third-order valence-corrected chi connectivity index (χ3v) is 3.46. The van der Waals surface area contributed by atoms with Crippen LogP contribution in [0.15, 0.2) is 12.4 Å². The molecule has 16 heavy (non-hydrogen) atoms. The molecule has 1 heterocycles. The van der Waals surface area contributed by atoms with Crippen molar-refractivity contribution in [1.29, 1.82) is 0 Å². The van der Waals surface area contributed by atoms with Crippen molar-refractivity contribution in [2.24, 2.45) is 18.2 Å². The summed E-state index contributed by atoms with van der Waals surface area (Å²) in [5.74, 6) is 0.230. The van der Waals surface area contributed by atoms with Gasteiger partial charge in [0.05, 0.1) is 6.20 Å². The summed E-state index contributed by atoms with van der Waals surface area (Å²) < 4.78 is 1.71. The number of nitrogens with zero attached hydrogens (tertiary/aromatic N) is 2. The van der Waals surface area contributed by atoms with Crippen LogP contribution in [0.25, 0.3) is 0 Å². The highest BCUT2D eigenvalue weighted by Crippen LogP contribution is 2.27. The van der Waals surface area contributed by atoms with Gasteiger partial charge in [0.25, 0.3) is 0 Å². The van der Waals surface area contributed by atoms with Crippen molar-refractivity contribution in [3.05, 3.63) is 18.0 Å². The van der Waals surface area contributed by atoms with Gasteiger partial charge in [-0.05, 0) is 18.4 Å². The fraction of sp³-hybridized carbons (Fsp3) is 0.667. The van der Waals surface area contributed by atoms with Gasteiger partial charge < -0.3 is 5.73 Å². The van der Waals surface area contributed by atoms with Crippen LogP contribution in [0.5, 0.6) is 0 Å². The van der Waals surface area contributed by atoms with Gasteiger partial charge in [0, 0.05) is 31.6 Å². The molecule has 2 N–H and O–H groups in total. The second kappa shape index (κ2) is 5.25. The number of hydrogen-bond acceptors (Lipinski definition) is 3. The fourth-order valence-corrected chi connectivity index (χ4v) is 1.98. The standard InChI is InChI=1S/C12H21N3O/c1-4-12(5-2,9-13)11(16)6-10-7-14-15(3)8-10/h7-8H,4-6,9,13H2,1-3H3. The van der Waals surface area contributed by atoms with Crippen LogP contribution in [-0.2, 0) is 18.3 Å². The van der Waals surface area contributed by atoms with E-state index in [-0.39, 0.29) is 11.2 Å². The maximum Gasteiger partial charge on any atom is 0.144 e. The van der Waals surface area contributed by atoms with Crippen molar-refractivity contribution >= 4 is 5.78 Å². The Kier molecular flexibility index (Phi) is 4.24. The average molecular weight is 223 g/mol. The number of carbonyl (C=O) groups excluding carboxylic acids is 1. The van der Waals surface area contributed by atoms with Crippen molar-refractivity contribution < 1.29 is 4.79 Å². The summed E-state index contributed by atoms with van der Waals surface area (Å²) in [6.45, 7) is 4.48. The molecule has 1 aromatic rings. The molecular formula is C12H21N3O. The number of ketones is 1. The molecule has 4 nitrogen and oxygen atoms in total. The zero-order valence-corrected chi connectivity index (χ0v) is 10.4. The number of hydrogen-bond donors (Lipinski definition) is 1. The number of carbonyl (C=O) groups is 1. The quantitative estimate of drug-likeness (QED) is 0.790. The number of Topliss-reactive ketones (excluding diaryl/α,β-unsaturated/α-hetero) is 1. The summed E-state index contributed by atoms with van der Waals surface area (Å²) in [5.41, 5.74) is 6.36. The molecule has 0 aliphatic rings. The van der Waals surface area contributed by atoms with E-state index in [1.54, 1.807) is 10.9 Å². The second-order valence-corrected chi connectivity index (χ2v) is 4.31. The molecule has 0 atom stereocenters. The zero-order chi connectivity index (χ0) is 12.2. The van der Waals surface area contributed by atoms with Crippen molar-refractivity contribution in [3.8, 4) is 0 Å². The van der Waals surface area contributed by atoms with Crippen LogP contribution >= 0.6 is 0 Å². The first kappa shape index (κ1) is 12.9. The molecule has 4 heteroatoms. The fourth-order valence-electron chi connectivity index (χ4n) is 1.98. The molecule has 0 fully saturated rings. The summed E-state index contributed by atoms with van der Waals surface area (Å²) >= 11 is 0. The van der Waals surface area contributed by atoms with E-state index >= 15 is 0 Å². The van der Waals surface area contributed by atoms with E-state index < -0.39 is 0 Å². The van der Waals surface area contributed by atoms with Crippen LogP contribution in [0.3, 0.4) is 0 Å². The van der Waals surface area contributed by atoms with E-state index in [2.05, 4.69) is 5.10 Å². The van der Waals surface area contributed by atoms with Crippen LogP contribution in [0.2, 0.25) is 0 Å². The Hall–Kier alpha value is -1.16. The lowest BCUT2D eigenvalue weighted by atomic mass is 9.76. The lowest BCUT2D eigenvalue weighted by Gasteiger charge is -2.28. The summed E-state index contributed by atoms with van der Waals surface area (Å²) in [5, 5.41) is 4.06. The SMILES string of the molecule is CCC(CC)(CN)C(=O)Cc1cnn(C)c1. The predicted octanol–water partition coefficient (Wildman–Crippen LogP) is 1.30. The first-order valence-corrected chi connectivity index (χ1v) is 5.79. The van der Waals surface area contributed by atoms with Gasteiger partial charge in [-0.3, -0.25) is 9.48 Å². The summed E-state index contributed by atoms with van der Waals surface area (Å²) in [4.78, 5) is 12.2. The lowest BCUT2D eigenvalue weighted by molar-refractivity contribution is -0.128. The molecule has 90 valence electrons. The summed E-state index contributed by atoms with van der Waals surface area (Å²) in [6.07, 6.45) is 5.67. The highest BCUT2D eigenvalue weighted by Gasteiger charge is 2.32. The third kappa shape index (κ3) is 2.50. The smallest absolute Gasteiger partial charge is 0.144 e. The Labute approximate surface area is 96.8 Å². The first-order valence-electron chi connectivity index (χ1n) is 5.79. The van der Waals surface area contributed by atoms with Gasteiger partial charge >= 0.3 is 0 Å². The van der Waals surface area contributed by atoms with E-state index in [1.165, 1.54) is 0 Å². The third-order valence-electron chi connectivity index (χ3n) is 3.46. The molecule has 0 spiro atoms. The van der Waals surface area contributed by atoms with Crippen molar-refractivity contribution in [1.82, 2.24) is 9.78 Å². The maximum atomic E-state index is 12.2. The van der Waals surface area contributed by atoms with Crippen LogP contribution in [0.4, 0.5) is 0 Å². The van der Waals surface area contributed by atoms with Gasteiger partial charge in [0.1, 0.15) is 5.78 Å². The van der Waals surface area contributed by atoms with Crippen molar-refractivity contribution in [3.63, 3.8) is 0 Å². The van der Waals surface area contributed by atoms with Crippen LogP contribution in [-0.4, -0.2) is 22.1 Å². The number of rotatable bonds is 6. The zero-order valence-electron chi connectivity index (χ0n) is 10.4. The lowest BCUT2D eigenvalue weighted by Crippen LogP contribution is -2.38. The minimum Gasteiger partial charge on any atom is -0.329 e. The van der Waals surface area contributed by atoms with Crippen LogP contribution < -0.4 is 5.73 Å². The minimum absolute atomic E-state index is 0.230. The Morgan fingerprint density at radius 1 is 1.50 bits per heavy atom. The Balaban J connectivity index is 2.77. The van der Waals surface area contributed by atoms with Crippen molar-refractivity contribution in [2.45, 2.75) is 33.1 Å². The van der Waals surface area contributed by atoms with E-state index in [9.17, 15) is 4.79 Å². The van der Waals surface area contributed by atoms with E-state index in [0.717, 1.165) is 18.4 Å². The van der Waals surface area contributed by atoms with Gasteiger partial charge in [-0.15, -0.1) is 0 Å². The summed E-state index contributed by atoms with van der Waals surface area (Å²) in [7, 11) is 1.85. The molecule has 0 aromatic carbocycles. The van der Waals surface area contributed by atoms with Gasteiger partial charge in [-0.2, -0.15) is 5.10 Å². The summed E-state index contributed by atoms with van der Waals surface area (Å²) in [6, 6.07) is 0. The molecule has 1 rings (SSSR count). The molecule has 0 unspecified atom stereocenters. The molecule has 1 aromatic heterocycles. The van der Waals surface area contributed by atoms with E-state index in [4.69, 9.17) is 5.73 Å². The topological polar surface area (TPSA) is 60.9 Å². The molecule has 0 amide bonds. The molecule has 0 bridgehead atoms. The maximum absolute atomic E-state index is 12.2. The molecule has 0 radical (unpaired) electrons. The second-order valence-electron chi connectivity index (χ2n) is 4.31. The van der Waals surface area contributed by atoms with Gasteiger partial charge in [0.15, 0.2) is 0 Å². The molecular weight excluding hydrogens is 202 g/mol. The van der Waals surface area contributed by atoms with Crippen molar-refractivity contribution in [2.75, 3.05) is 6.54 Å². The van der Waals surface area contributed by atoms with E-state index in [1.807, 2.05) is 27.1 Å². The first-order chi connectivity index (χ1) is 7.57. The monoisotopic (exact) mass is 223 g/mol. The van der Waals surface area contributed by atoms with Crippen LogP contribution in [0, 0.1) is 5.41 Å². The minimum atomic E-state index is -0.351. The Bertz CT molecular complexity index is 345. The van der Waals surface area contributed by atoms with E-state index in [0.29, 0.717) is 13.0 Å². The van der Waals surface area contributed by atoms with Gasteiger partial charge in [0.2, 0.25) is 0 Å². The predicted molar refractivity (Wildman–Crippen MR) is 64.0 cm³/mol. The number of aryl methyl sites for hydroxylation is 1. The Morgan fingerprint density at radius 2 is 2.12 bits per heavy atom. The average Bonchev–Trinajstić information content (AvgIpc) is 2.67. The van der Waals surface area contributed by atoms with Crippen LogP contribution in [0.1, 0.15) is 32.3 Å². The molecule has 0 aliphatic carbocycles. The highest BCUT2D eigenvalue weighted by molar-refractivity contribution is 5.86. The largest absolute Gasteiger partial charge is 0.329 e.